The third kappa shape index (κ3) is 8.00. The number of para-hydroxylation sites is 2. The van der Waals surface area contributed by atoms with Gasteiger partial charge in [-0.2, -0.15) is 0 Å². The molecule has 8 aromatic rings. The number of nitrogen functional groups attached to an aromatic ring is 2. The average molecular weight is 777 g/mol. The molecule has 6 aromatic carbocycles. The number of aromatic nitrogens is 4. The van der Waals surface area contributed by atoms with E-state index in [1.165, 1.54) is 36.8 Å². The van der Waals surface area contributed by atoms with E-state index in [2.05, 4.69) is 137 Å². The van der Waals surface area contributed by atoms with Crippen LogP contribution in [-0.4, -0.2) is 23.1 Å². The summed E-state index contributed by atoms with van der Waals surface area (Å²) in [4.78, 5) is 10.1. The van der Waals surface area contributed by atoms with Crippen molar-refractivity contribution in [2.75, 3.05) is 35.2 Å². The van der Waals surface area contributed by atoms with E-state index in [4.69, 9.17) is 21.4 Å². The number of unbranched alkanes of at least 4 members (excludes halogenated alkanes) is 5. The zero-order valence-electron chi connectivity index (χ0n) is 33.4. The number of benzene rings is 6. The molecule has 0 amide bonds. The Morgan fingerprint density at radius 3 is 1.51 bits per heavy atom. The van der Waals surface area contributed by atoms with E-state index in [1.807, 2.05) is 19.9 Å². The lowest BCUT2D eigenvalue weighted by Gasteiger charge is -2.13. The molecule has 6 N–H and O–H groups in total. The molecule has 0 fully saturated rings. The molecule has 57 heavy (non-hydrogen) atoms. The standard InChI is InChI=1S/C48H50N8.ClH/c1-31-25-42-45(28-37(31)49)55(35-17-11-9-12-18-35)47-30-41(33(3)27-44(47)54-42)52-24-16-8-6-5-7-15-23-51-39-21-22-40-48(34(39)4)56(36-19-13-10-14-20-36)46-29-38(50)32(2)26-43(46)53-40;/h9-14,17-22,25-30H,5-8,15-16,23-24H2,1-4H3,(H4,49,50,51,52);1H/p+2. The van der Waals surface area contributed by atoms with E-state index in [0.717, 1.165) is 115 Å². The molecule has 290 valence electrons. The normalized spacial score (nSPS) is 11.4. The highest BCUT2D eigenvalue weighted by atomic mass is 35.5. The molecule has 0 aliphatic carbocycles. The summed E-state index contributed by atoms with van der Waals surface area (Å²) in [7, 11) is 0. The predicted octanol–water partition coefficient (Wildman–Crippen LogP) is 10.3. The number of nitrogens with zero attached hydrogens (tertiary/aromatic N) is 4. The van der Waals surface area contributed by atoms with Gasteiger partial charge < -0.3 is 22.1 Å². The molecule has 8 rings (SSSR count). The molecule has 0 saturated carbocycles. The van der Waals surface area contributed by atoms with E-state index in [-0.39, 0.29) is 12.4 Å². The van der Waals surface area contributed by atoms with Crippen molar-refractivity contribution in [2.24, 2.45) is 0 Å². The Kier molecular flexibility index (Phi) is 11.7. The molecular weight excluding hydrogens is 724 g/mol. The van der Waals surface area contributed by atoms with Crippen molar-refractivity contribution in [3.63, 3.8) is 0 Å². The lowest BCUT2D eigenvalue weighted by atomic mass is 10.1. The van der Waals surface area contributed by atoms with Crippen molar-refractivity contribution < 1.29 is 9.13 Å². The summed E-state index contributed by atoms with van der Waals surface area (Å²) in [5.74, 6) is 0. The summed E-state index contributed by atoms with van der Waals surface area (Å²) >= 11 is 0. The largest absolute Gasteiger partial charge is 0.398 e. The Balaban J connectivity index is 0.00000496. The van der Waals surface area contributed by atoms with Gasteiger partial charge in [0, 0.05) is 83.9 Å². The van der Waals surface area contributed by atoms with Gasteiger partial charge in [-0.1, -0.05) is 62.1 Å². The van der Waals surface area contributed by atoms with Crippen LogP contribution in [0.2, 0.25) is 0 Å². The van der Waals surface area contributed by atoms with Crippen molar-refractivity contribution >= 4 is 79.3 Å². The maximum Gasteiger partial charge on any atom is 0.242 e. The van der Waals surface area contributed by atoms with Gasteiger partial charge in [0.2, 0.25) is 33.4 Å². The van der Waals surface area contributed by atoms with Gasteiger partial charge in [-0.05, 0) is 87.6 Å². The molecule has 0 radical (unpaired) electrons. The molecular formula is C48H53ClN8+2. The monoisotopic (exact) mass is 776 g/mol. The lowest BCUT2D eigenvalue weighted by molar-refractivity contribution is -0.538. The van der Waals surface area contributed by atoms with Crippen molar-refractivity contribution in [2.45, 2.75) is 66.2 Å². The third-order valence-electron chi connectivity index (χ3n) is 11.1. The molecule has 9 heteroatoms. The van der Waals surface area contributed by atoms with Crippen LogP contribution >= 0.6 is 12.4 Å². The van der Waals surface area contributed by atoms with Gasteiger partial charge in [0.25, 0.3) is 0 Å². The number of hydrogen-bond acceptors (Lipinski definition) is 6. The van der Waals surface area contributed by atoms with Gasteiger partial charge in [-0.25, -0.2) is 9.97 Å². The highest BCUT2D eigenvalue weighted by Gasteiger charge is 2.24. The number of nitrogens with two attached hydrogens (primary N) is 2. The van der Waals surface area contributed by atoms with Gasteiger partial charge in [0.05, 0.1) is 0 Å². The topological polar surface area (TPSA) is 110 Å². The first-order valence-electron chi connectivity index (χ1n) is 20.0. The summed E-state index contributed by atoms with van der Waals surface area (Å²) in [6.45, 7) is 10.3. The van der Waals surface area contributed by atoms with E-state index in [0.29, 0.717) is 0 Å². The fourth-order valence-electron chi connectivity index (χ4n) is 7.94. The molecule has 0 aliphatic heterocycles. The summed E-state index contributed by atoms with van der Waals surface area (Å²) in [5.41, 5.74) is 31.3. The number of hydrogen-bond donors (Lipinski definition) is 4. The van der Waals surface area contributed by atoms with Crippen LogP contribution in [0.1, 0.15) is 60.8 Å². The van der Waals surface area contributed by atoms with Gasteiger partial charge in [0.1, 0.15) is 22.1 Å². The van der Waals surface area contributed by atoms with Gasteiger partial charge in [0.15, 0.2) is 0 Å². The second-order valence-electron chi connectivity index (χ2n) is 15.2. The fraction of sp³-hybridized carbons (Fsp3) is 0.250. The maximum atomic E-state index is 6.41. The van der Waals surface area contributed by atoms with Crippen LogP contribution in [-0.2, 0) is 0 Å². The average Bonchev–Trinajstić information content (AvgIpc) is 3.20. The molecule has 2 heterocycles. The van der Waals surface area contributed by atoms with Crippen molar-refractivity contribution in [1.29, 1.82) is 0 Å². The minimum atomic E-state index is 0. The first kappa shape index (κ1) is 39.3. The molecule has 0 spiro atoms. The van der Waals surface area contributed by atoms with Crippen molar-refractivity contribution in [3.05, 3.63) is 131 Å². The summed E-state index contributed by atoms with van der Waals surface area (Å²) in [6, 6.07) is 38.0. The number of fused-ring (bicyclic) bond motifs is 4. The van der Waals surface area contributed by atoms with E-state index in [1.54, 1.807) is 0 Å². The second kappa shape index (κ2) is 17.0. The Hall–Kier alpha value is -5.99. The molecule has 0 saturated heterocycles. The predicted molar refractivity (Wildman–Crippen MR) is 241 cm³/mol. The molecule has 8 nitrogen and oxygen atoms in total. The Bertz CT molecular complexity index is 2690. The van der Waals surface area contributed by atoms with Crippen LogP contribution in [0.3, 0.4) is 0 Å². The number of anilines is 4. The summed E-state index contributed by atoms with van der Waals surface area (Å²) in [6.07, 6.45) is 7.14. The second-order valence-corrected chi connectivity index (χ2v) is 15.2. The molecule has 2 aromatic heterocycles. The number of rotatable bonds is 13. The Labute approximate surface area is 341 Å². The minimum Gasteiger partial charge on any atom is -0.398 e. The molecule has 0 bridgehead atoms. The zero-order valence-corrected chi connectivity index (χ0v) is 34.2. The first-order chi connectivity index (χ1) is 27.3. The van der Waals surface area contributed by atoms with Crippen LogP contribution < -0.4 is 31.2 Å². The highest BCUT2D eigenvalue weighted by molar-refractivity contribution is 5.89. The third-order valence-corrected chi connectivity index (χ3v) is 11.1. The van der Waals surface area contributed by atoms with Crippen LogP contribution in [0.15, 0.2) is 109 Å². The SMILES string of the molecule is Cc1cc2nc3cc(C)c(NCCCCCCCCNc4ccc5nc6cc(C)c(N)cc6[n+](-c6ccccc6)c5c4C)cc3[n+](-c3ccccc3)c2cc1N.Cl. The van der Waals surface area contributed by atoms with Crippen LogP contribution in [0.25, 0.3) is 55.5 Å². The smallest absolute Gasteiger partial charge is 0.242 e. The summed E-state index contributed by atoms with van der Waals surface area (Å²) in [5, 5.41) is 7.48. The van der Waals surface area contributed by atoms with Crippen LogP contribution in [0.5, 0.6) is 0 Å². The minimum absolute atomic E-state index is 0. The quantitative estimate of drug-likeness (QED) is 0.0402. The maximum absolute atomic E-state index is 6.41. The van der Waals surface area contributed by atoms with Crippen molar-refractivity contribution in [3.8, 4) is 11.4 Å². The van der Waals surface area contributed by atoms with E-state index >= 15 is 0 Å². The number of nitrogens with one attached hydrogen (secondary N) is 2. The molecule has 0 atom stereocenters. The summed E-state index contributed by atoms with van der Waals surface area (Å²) < 4.78 is 4.59. The lowest BCUT2D eigenvalue weighted by Crippen LogP contribution is -2.34. The van der Waals surface area contributed by atoms with Gasteiger partial charge in [-0.3, -0.25) is 0 Å². The first-order valence-corrected chi connectivity index (χ1v) is 20.0. The zero-order chi connectivity index (χ0) is 38.8. The van der Waals surface area contributed by atoms with Crippen molar-refractivity contribution in [1.82, 2.24) is 9.97 Å². The molecule has 0 unspecified atom stereocenters. The van der Waals surface area contributed by atoms with Crippen LogP contribution in [0, 0.1) is 27.7 Å². The number of aryl methyl sites for hydroxylation is 4. The highest BCUT2D eigenvalue weighted by Crippen LogP contribution is 2.29. The number of halogens is 1. The van der Waals surface area contributed by atoms with Crippen LogP contribution in [0.4, 0.5) is 22.7 Å². The molecule has 0 aliphatic rings. The fourth-order valence-corrected chi connectivity index (χ4v) is 7.94. The Morgan fingerprint density at radius 2 is 0.930 bits per heavy atom. The van der Waals surface area contributed by atoms with E-state index in [9.17, 15) is 0 Å². The Morgan fingerprint density at radius 1 is 0.474 bits per heavy atom. The van der Waals surface area contributed by atoms with Gasteiger partial charge in [-0.15, -0.1) is 21.5 Å². The van der Waals surface area contributed by atoms with Gasteiger partial charge >= 0.3 is 0 Å². The van der Waals surface area contributed by atoms with E-state index < -0.39 is 0 Å².